The zero-order valence-electron chi connectivity index (χ0n) is 13.4. The Morgan fingerprint density at radius 2 is 1.78 bits per heavy atom. The van der Waals surface area contributed by atoms with Gasteiger partial charge in [-0.2, -0.15) is 0 Å². The Morgan fingerprint density at radius 3 is 2.43 bits per heavy atom. The topological polar surface area (TPSA) is 23.5 Å². The molecule has 2 aromatic carbocycles. The van der Waals surface area contributed by atoms with Crippen molar-refractivity contribution >= 4 is 0 Å². The maximum atomic E-state index is 13.9. The van der Waals surface area contributed by atoms with Crippen molar-refractivity contribution in [3.05, 3.63) is 71.3 Å². The van der Waals surface area contributed by atoms with Crippen molar-refractivity contribution in [3.8, 4) is 0 Å². The Labute approximate surface area is 136 Å². The van der Waals surface area contributed by atoms with Gasteiger partial charge in [0, 0.05) is 31.3 Å². The molecule has 2 rings (SSSR count). The fourth-order valence-electron chi connectivity index (χ4n) is 2.64. The van der Waals surface area contributed by atoms with Crippen LogP contribution in [0.3, 0.4) is 0 Å². The molecule has 0 aliphatic heterocycles. The van der Waals surface area contributed by atoms with E-state index in [1.807, 2.05) is 42.2 Å². The van der Waals surface area contributed by atoms with Gasteiger partial charge in [-0.05, 0) is 18.1 Å². The van der Waals surface area contributed by atoms with E-state index in [2.05, 4.69) is 0 Å². The smallest absolute Gasteiger partial charge is 0.130 e. The maximum absolute atomic E-state index is 13.9. The lowest BCUT2D eigenvalue weighted by Gasteiger charge is -2.25. The van der Waals surface area contributed by atoms with Crippen LogP contribution in [0.25, 0.3) is 0 Å². The van der Waals surface area contributed by atoms with Crippen LogP contribution in [0.5, 0.6) is 0 Å². The van der Waals surface area contributed by atoms with E-state index in [9.17, 15) is 13.9 Å². The van der Waals surface area contributed by atoms with Crippen molar-refractivity contribution in [2.24, 2.45) is 0 Å². The molecule has 0 saturated carbocycles. The largest absolute Gasteiger partial charge is 0.392 e. The second-order valence-electron chi connectivity index (χ2n) is 5.83. The van der Waals surface area contributed by atoms with Crippen LogP contribution >= 0.6 is 0 Å². The first-order valence-electron chi connectivity index (χ1n) is 7.96. The molecule has 23 heavy (non-hydrogen) atoms. The fourth-order valence-corrected chi connectivity index (χ4v) is 2.64. The van der Waals surface area contributed by atoms with Crippen LogP contribution in [0.15, 0.2) is 48.5 Å². The number of nitrogens with zero attached hydrogens (tertiary/aromatic N) is 1. The molecule has 1 N–H and O–H groups in total. The molecular formula is C19H23F2NO. The third-order valence-electron chi connectivity index (χ3n) is 3.75. The molecule has 0 amide bonds. The molecule has 0 bridgehead atoms. The van der Waals surface area contributed by atoms with E-state index in [0.717, 1.165) is 18.1 Å². The summed E-state index contributed by atoms with van der Waals surface area (Å²) in [5.74, 6) is -1.13. The van der Waals surface area contributed by atoms with Gasteiger partial charge in [-0.15, -0.1) is 0 Å². The number of aliphatic hydroxyl groups is 1. The maximum Gasteiger partial charge on any atom is 0.130 e. The van der Waals surface area contributed by atoms with Crippen LogP contribution in [-0.2, 0) is 13.1 Å². The van der Waals surface area contributed by atoms with E-state index in [-0.39, 0.29) is 0 Å². The molecule has 0 aliphatic carbocycles. The Kier molecular flexibility index (Phi) is 6.68. The summed E-state index contributed by atoms with van der Waals surface area (Å²) >= 11 is 0. The van der Waals surface area contributed by atoms with E-state index < -0.39 is 17.7 Å². The predicted molar refractivity (Wildman–Crippen MR) is 87.8 cm³/mol. The summed E-state index contributed by atoms with van der Waals surface area (Å²) in [4.78, 5) is 1.99. The number of hydrogen-bond acceptors (Lipinski definition) is 2. The molecule has 0 aromatic heterocycles. The van der Waals surface area contributed by atoms with Crippen LogP contribution in [-0.4, -0.2) is 22.7 Å². The van der Waals surface area contributed by atoms with Gasteiger partial charge in [0.15, 0.2) is 0 Å². The lowest BCUT2D eigenvalue weighted by molar-refractivity contribution is 0.0964. The molecule has 0 saturated heterocycles. The first-order valence-corrected chi connectivity index (χ1v) is 7.96. The van der Waals surface area contributed by atoms with Crippen LogP contribution in [0.2, 0.25) is 0 Å². The van der Waals surface area contributed by atoms with Gasteiger partial charge in [-0.1, -0.05) is 49.7 Å². The molecule has 4 heteroatoms. The Bertz CT molecular complexity index is 604. The minimum absolute atomic E-state index is 0.335. The third-order valence-corrected chi connectivity index (χ3v) is 3.75. The quantitative estimate of drug-likeness (QED) is 0.791. The summed E-state index contributed by atoms with van der Waals surface area (Å²) in [5, 5.41) is 10.1. The molecular weight excluding hydrogens is 296 g/mol. The van der Waals surface area contributed by atoms with Gasteiger partial charge >= 0.3 is 0 Å². The SMILES string of the molecule is CCC[C@H](O)CN(Cc1ccccc1)Cc1ccc(F)cc1F. The van der Waals surface area contributed by atoms with Gasteiger partial charge in [0.1, 0.15) is 11.6 Å². The first-order chi connectivity index (χ1) is 11.1. The first kappa shape index (κ1) is 17.6. The molecule has 1 atom stereocenters. The number of hydrogen-bond donors (Lipinski definition) is 1. The summed E-state index contributed by atoms with van der Waals surface area (Å²) in [6, 6.07) is 13.5. The van der Waals surface area contributed by atoms with Gasteiger partial charge in [-0.3, -0.25) is 4.90 Å². The van der Waals surface area contributed by atoms with Crippen molar-refractivity contribution in [3.63, 3.8) is 0 Å². The molecule has 2 aromatic rings. The number of halogens is 2. The Balaban J connectivity index is 2.11. The fraction of sp³-hybridized carbons (Fsp3) is 0.368. The molecule has 2 nitrogen and oxygen atoms in total. The monoisotopic (exact) mass is 319 g/mol. The second-order valence-corrected chi connectivity index (χ2v) is 5.83. The van der Waals surface area contributed by atoms with Crippen molar-refractivity contribution in [2.45, 2.75) is 39.0 Å². The highest BCUT2D eigenvalue weighted by atomic mass is 19.1. The van der Waals surface area contributed by atoms with Crippen LogP contribution in [0.1, 0.15) is 30.9 Å². The average Bonchev–Trinajstić information content (AvgIpc) is 2.51. The number of aliphatic hydroxyl groups excluding tert-OH is 1. The molecule has 0 aliphatic rings. The van der Waals surface area contributed by atoms with E-state index in [4.69, 9.17) is 0 Å². The van der Waals surface area contributed by atoms with E-state index in [0.29, 0.717) is 31.6 Å². The molecule has 0 spiro atoms. The van der Waals surface area contributed by atoms with E-state index in [1.165, 1.54) is 12.1 Å². The highest BCUT2D eigenvalue weighted by Crippen LogP contribution is 2.15. The number of rotatable bonds is 8. The van der Waals surface area contributed by atoms with Gasteiger partial charge in [0.2, 0.25) is 0 Å². The molecule has 0 heterocycles. The van der Waals surface area contributed by atoms with Gasteiger partial charge < -0.3 is 5.11 Å². The zero-order valence-corrected chi connectivity index (χ0v) is 13.4. The summed E-state index contributed by atoms with van der Waals surface area (Å²) in [6.07, 6.45) is 1.15. The third kappa shape index (κ3) is 5.73. The lowest BCUT2D eigenvalue weighted by atomic mass is 10.1. The van der Waals surface area contributed by atoms with Crippen molar-refractivity contribution in [1.29, 1.82) is 0 Å². The van der Waals surface area contributed by atoms with Gasteiger partial charge in [0.05, 0.1) is 6.10 Å². The predicted octanol–water partition coefficient (Wildman–Crippen LogP) is 4.13. The van der Waals surface area contributed by atoms with Gasteiger partial charge in [0.25, 0.3) is 0 Å². The van der Waals surface area contributed by atoms with Gasteiger partial charge in [-0.25, -0.2) is 8.78 Å². The highest BCUT2D eigenvalue weighted by molar-refractivity contribution is 5.19. The lowest BCUT2D eigenvalue weighted by Crippen LogP contribution is -2.32. The highest BCUT2D eigenvalue weighted by Gasteiger charge is 2.14. The normalized spacial score (nSPS) is 12.6. The second kappa shape index (κ2) is 8.75. The Hall–Kier alpha value is -1.78. The standard InChI is InChI=1S/C19H23F2NO/c1-2-6-18(23)14-22(12-15-7-4-3-5-8-15)13-16-9-10-17(20)11-19(16)21/h3-5,7-11,18,23H,2,6,12-14H2,1H3/t18-/m0/s1. The Morgan fingerprint density at radius 1 is 1.04 bits per heavy atom. The summed E-state index contributed by atoms with van der Waals surface area (Å²) in [6.45, 7) is 3.42. The van der Waals surface area contributed by atoms with Crippen molar-refractivity contribution in [1.82, 2.24) is 4.90 Å². The average molecular weight is 319 g/mol. The summed E-state index contributed by atoms with van der Waals surface area (Å²) in [7, 11) is 0. The molecule has 0 unspecified atom stereocenters. The minimum Gasteiger partial charge on any atom is -0.392 e. The molecule has 0 radical (unpaired) electrons. The van der Waals surface area contributed by atoms with Crippen LogP contribution in [0, 0.1) is 11.6 Å². The minimum atomic E-state index is -0.577. The summed E-state index contributed by atoms with van der Waals surface area (Å²) < 4.78 is 27.0. The molecule has 0 fully saturated rings. The molecule has 124 valence electrons. The summed E-state index contributed by atoms with van der Waals surface area (Å²) in [5.41, 5.74) is 1.53. The van der Waals surface area contributed by atoms with Crippen LogP contribution < -0.4 is 0 Å². The van der Waals surface area contributed by atoms with Crippen LogP contribution in [0.4, 0.5) is 8.78 Å². The zero-order chi connectivity index (χ0) is 16.7. The van der Waals surface area contributed by atoms with Crippen molar-refractivity contribution < 1.29 is 13.9 Å². The number of benzene rings is 2. The van der Waals surface area contributed by atoms with Crippen molar-refractivity contribution in [2.75, 3.05) is 6.54 Å². The van der Waals surface area contributed by atoms with E-state index in [1.54, 1.807) is 0 Å². The van der Waals surface area contributed by atoms with E-state index >= 15 is 0 Å².